The summed E-state index contributed by atoms with van der Waals surface area (Å²) in [6, 6.07) is 5.85. The van der Waals surface area contributed by atoms with Crippen LogP contribution >= 0.6 is 0 Å². The largest absolute Gasteiger partial charge is 0.464 e. The fourth-order valence-electron chi connectivity index (χ4n) is 2.45. The Bertz CT molecular complexity index is 626. The van der Waals surface area contributed by atoms with Gasteiger partial charge in [0.25, 0.3) is 5.91 Å². The lowest BCUT2D eigenvalue weighted by atomic mass is 9.88. The number of hydrogen-bond acceptors (Lipinski definition) is 5. The minimum Gasteiger partial charge on any atom is -0.464 e. The van der Waals surface area contributed by atoms with Gasteiger partial charge in [0.05, 0.1) is 6.61 Å². The van der Waals surface area contributed by atoms with Crippen LogP contribution in [0.1, 0.15) is 31.1 Å². The van der Waals surface area contributed by atoms with E-state index in [1.165, 1.54) is 0 Å². The summed E-state index contributed by atoms with van der Waals surface area (Å²) in [6.45, 7) is 7.20. The third kappa shape index (κ3) is 5.03. The molecule has 2 amide bonds. The van der Waals surface area contributed by atoms with E-state index in [0.29, 0.717) is 17.2 Å². The van der Waals surface area contributed by atoms with Crippen molar-refractivity contribution in [2.24, 2.45) is 11.8 Å². The molecule has 25 heavy (non-hydrogen) atoms. The summed E-state index contributed by atoms with van der Waals surface area (Å²) < 4.78 is 4.85. The summed E-state index contributed by atoms with van der Waals surface area (Å²) in [5.41, 5.74) is 1.05. The monoisotopic (exact) mass is 347 g/mol. The first-order chi connectivity index (χ1) is 11.9. The van der Waals surface area contributed by atoms with Crippen LogP contribution in [0, 0.1) is 11.8 Å². The molecule has 0 aliphatic carbocycles. The first kappa shape index (κ1) is 18.9. The van der Waals surface area contributed by atoms with Crippen LogP contribution in [0.15, 0.2) is 24.3 Å². The molecule has 2 rings (SSSR count). The molecule has 0 radical (unpaired) electrons. The van der Waals surface area contributed by atoms with E-state index in [1.54, 1.807) is 38.1 Å². The summed E-state index contributed by atoms with van der Waals surface area (Å²) in [6.07, 6.45) is 0. The summed E-state index contributed by atoms with van der Waals surface area (Å²) in [4.78, 5) is 35.9. The van der Waals surface area contributed by atoms with Gasteiger partial charge in [0, 0.05) is 17.2 Å². The summed E-state index contributed by atoms with van der Waals surface area (Å²) in [5.74, 6) is -0.560. The van der Waals surface area contributed by atoms with Gasteiger partial charge < -0.3 is 20.7 Å². The average Bonchev–Trinajstić information content (AvgIpc) is 2.53. The minimum absolute atomic E-state index is 0.0281. The molecule has 2 atom stereocenters. The van der Waals surface area contributed by atoms with Crippen LogP contribution in [0.3, 0.4) is 0 Å². The first-order valence-corrected chi connectivity index (χ1v) is 8.51. The molecule has 1 aliphatic heterocycles. The molecule has 0 bridgehead atoms. The van der Waals surface area contributed by atoms with Crippen molar-refractivity contribution in [3.63, 3.8) is 0 Å². The van der Waals surface area contributed by atoms with Crippen LogP contribution < -0.4 is 16.0 Å². The molecule has 1 aromatic carbocycles. The van der Waals surface area contributed by atoms with E-state index < -0.39 is 12.0 Å². The van der Waals surface area contributed by atoms with Gasteiger partial charge >= 0.3 is 5.97 Å². The molecule has 0 aromatic heterocycles. The van der Waals surface area contributed by atoms with Gasteiger partial charge in [0.15, 0.2) is 0 Å². The number of benzene rings is 1. The van der Waals surface area contributed by atoms with Gasteiger partial charge in [-0.2, -0.15) is 0 Å². The third-order valence-electron chi connectivity index (χ3n) is 4.34. The van der Waals surface area contributed by atoms with Gasteiger partial charge in [-0.15, -0.1) is 0 Å². The van der Waals surface area contributed by atoms with Crippen LogP contribution in [0.5, 0.6) is 0 Å². The highest BCUT2D eigenvalue weighted by molar-refractivity contribution is 5.98. The van der Waals surface area contributed by atoms with Crippen molar-refractivity contribution < 1.29 is 19.1 Å². The summed E-state index contributed by atoms with van der Waals surface area (Å²) >= 11 is 0. The molecule has 1 aromatic rings. The standard InChI is InChI=1S/C18H25N3O4/c1-4-25-18(24)12(3)20-17(23)13-5-7-15(8-6-13)21-16(22)11(2)14-9-19-10-14/h5-8,11-12,14,19H,4,9-10H2,1-3H3,(H,20,23)(H,21,22). The van der Waals surface area contributed by atoms with Gasteiger partial charge in [-0.1, -0.05) is 6.92 Å². The maximum atomic E-state index is 12.2. The maximum Gasteiger partial charge on any atom is 0.328 e. The lowest BCUT2D eigenvalue weighted by Gasteiger charge is -2.31. The van der Waals surface area contributed by atoms with Gasteiger partial charge in [-0.3, -0.25) is 9.59 Å². The molecule has 2 unspecified atom stereocenters. The van der Waals surface area contributed by atoms with Gasteiger partial charge in [-0.05, 0) is 57.1 Å². The second-order valence-electron chi connectivity index (χ2n) is 6.22. The highest BCUT2D eigenvalue weighted by Gasteiger charge is 2.28. The van der Waals surface area contributed by atoms with Crippen LogP contribution in [0.25, 0.3) is 0 Å². The number of carbonyl (C=O) groups excluding carboxylic acids is 3. The Morgan fingerprint density at radius 2 is 1.84 bits per heavy atom. The molecule has 1 heterocycles. The number of hydrogen-bond donors (Lipinski definition) is 3. The number of ether oxygens (including phenoxy) is 1. The lowest BCUT2D eigenvalue weighted by molar-refractivity contribution is -0.144. The van der Waals surface area contributed by atoms with Crippen molar-refractivity contribution in [3.05, 3.63) is 29.8 Å². The quantitative estimate of drug-likeness (QED) is 0.643. The van der Waals surface area contributed by atoms with E-state index >= 15 is 0 Å². The SMILES string of the molecule is CCOC(=O)C(C)NC(=O)c1ccc(NC(=O)C(C)C2CNC2)cc1. The fourth-order valence-corrected chi connectivity index (χ4v) is 2.45. The highest BCUT2D eigenvalue weighted by atomic mass is 16.5. The van der Waals surface area contributed by atoms with Crippen LogP contribution in [-0.4, -0.2) is 43.5 Å². The van der Waals surface area contributed by atoms with Crippen molar-refractivity contribution in [3.8, 4) is 0 Å². The van der Waals surface area contributed by atoms with E-state index in [2.05, 4.69) is 16.0 Å². The van der Waals surface area contributed by atoms with E-state index in [4.69, 9.17) is 4.74 Å². The lowest BCUT2D eigenvalue weighted by Crippen LogP contribution is -2.48. The van der Waals surface area contributed by atoms with Gasteiger partial charge in [0.2, 0.25) is 5.91 Å². The van der Waals surface area contributed by atoms with Gasteiger partial charge in [0.1, 0.15) is 6.04 Å². The fraction of sp³-hybridized carbons (Fsp3) is 0.500. The number of nitrogens with one attached hydrogen (secondary N) is 3. The predicted octanol–water partition coefficient (Wildman–Crippen LogP) is 1.16. The summed E-state index contributed by atoms with van der Waals surface area (Å²) in [5, 5.41) is 8.60. The average molecular weight is 347 g/mol. The zero-order chi connectivity index (χ0) is 18.4. The molecule has 1 fully saturated rings. The molecule has 0 spiro atoms. The Morgan fingerprint density at radius 1 is 1.20 bits per heavy atom. The van der Waals surface area contributed by atoms with Crippen LogP contribution in [0.4, 0.5) is 5.69 Å². The van der Waals surface area contributed by atoms with Crippen molar-refractivity contribution in [1.29, 1.82) is 0 Å². The third-order valence-corrected chi connectivity index (χ3v) is 4.34. The molecule has 136 valence electrons. The molecule has 7 heteroatoms. The molecular formula is C18H25N3O4. The smallest absolute Gasteiger partial charge is 0.328 e. The van der Waals surface area contributed by atoms with Crippen molar-refractivity contribution >= 4 is 23.5 Å². The number of amides is 2. The molecular weight excluding hydrogens is 322 g/mol. The predicted molar refractivity (Wildman–Crippen MR) is 94.2 cm³/mol. The van der Waals surface area contributed by atoms with Crippen LogP contribution in [-0.2, 0) is 14.3 Å². The molecule has 1 aliphatic rings. The number of esters is 1. The topological polar surface area (TPSA) is 96.5 Å². The molecule has 0 saturated carbocycles. The van der Waals surface area contributed by atoms with E-state index in [1.807, 2.05) is 6.92 Å². The Morgan fingerprint density at radius 3 is 2.36 bits per heavy atom. The Balaban J connectivity index is 1.89. The zero-order valence-electron chi connectivity index (χ0n) is 14.8. The maximum absolute atomic E-state index is 12.2. The second-order valence-corrected chi connectivity index (χ2v) is 6.22. The molecule has 7 nitrogen and oxygen atoms in total. The number of rotatable bonds is 7. The molecule has 1 saturated heterocycles. The Hall–Kier alpha value is -2.41. The number of anilines is 1. The Labute approximate surface area is 147 Å². The van der Waals surface area contributed by atoms with Crippen molar-refractivity contribution in [2.45, 2.75) is 26.8 Å². The van der Waals surface area contributed by atoms with E-state index in [-0.39, 0.29) is 24.3 Å². The van der Waals surface area contributed by atoms with Crippen LogP contribution in [0.2, 0.25) is 0 Å². The number of carbonyl (C=O) groups is 3. The van der Waals surface area contributed by atoms with E-state index in [0.717, 1.165) is 13.1 Å². The Kier molecular flexibility index (Phi) is 6.52. The van der Waals surface area contributed by atoms with Crippen molar-refractivity contribution in [1.82, 2.24) is 10.6 Å². The molecule has 3 N–H and O–H groups in total. The second kappa shape index (κ2) is 8.62. The normalized spacial score (nSPS) is 16.3. The van der Waals surface area contributed by atoms with Crippen molar-refractivity contribution in [2.75, 3.05) is 25.0 Å². The van der Waals surface area contributed by atoms with Gasteiger partial charge in [-0.25, -0.2) is 4.79 Å². The zero-order valence-corrected chi connectivity index (χ0v) is 14.8. The summed E-state index contributed by atoms with van der Waals surface area (Å²) in [7, 11) is 0. The first-order valence-electron chi connectivity index (χ1n) is 8.51. The van der Waals surface area contributed by atoms with E-state index in [9.17, 15) is 14.4 Å². The highest BCUT2D eigenvalue weighted by Crippen LogP contribution is 2.18. The minimum atomic E-state index is -0.719.